The molecule has 7 heteroatoms. The Hall–Kier alpha value is -3.52. The van der Waals surface area contributed by atoms with E-state index in [1.165, 1.54) is 33.0 Å². The minimum atomic E-state index is 0.0953. The van der Waals surface area contributed by atoms with Gasteiger partial charge in [0.15, 0.2) is 0 Å². The number of H-pyrrole nitrogens is 1. The summed E-state index contributed by atoms with van der Waals surface area (Å²) in [5, 5.41) is 21.3. The quantitative estimate of drug-likeness (QED) is 0.255. The normalized spacial score (nSPS) is 18.6. The molecule has 37 heavy (non-hydrogen) atoms. The maximum atomic E-state index is 6.51. The topological polar surface area (TPSA) is 75.7 Å². The Labute approximate surface area is 220 Å². The van der Waals surface area contributed by atoms with Gasteiger partial charge in [-0.15, -0.1) is 5.10 Å². The number of nitrogens with one attached hydrogen (secondary N) is 2. The van der Waals surface area contributed by atoms with Gasteiger partial charge in [0.2, 0.25) is 5.16 Å². The molecule has 0 radical (unpaired) electrons. The number of rotatable bonds is 8. The van der Waals surface area contributed by atoms with Gasteiger partial charge < -0.3 is 10.1 Å². The minimum absolute atomic E-state index is 0.0953. The summed E-state index contributed by atoms with van der Waals surface area (Å²) < 4.78 is 6.51. The fraction of sp³-hybridized carbons (Fsp3) is 0.233. The highest BCUT2D eigenvalue weighted by Gasteiger charge is 2.28. The van der Waals surface area contributed by atoms with Crippen molar-refractivity contribution in [3.05, 3.63) is 119 Å². The van der Waals surface area contributed by atoms with Crippen molar-refractivity contribution in [2.24, 2.45) is 0 Å². The van der Waals surface area contributed by atoms with Crippen molar-refractivity contribution in [1.82, 2.24) is 25.9 Å². The highest BCUT2D eigenvalue weighted by atomic mass is 32.2. The summed E-state index contributed by atoms with van der Waals surface area (Å²) in [5.74, 6) is 0.358. The third-order valence-electron chi connectivity index (χ3n) is 7.03. The first-order chi connectivity index (χ1) is 18.3. The number of ether oxygens (including phenoxy) is 1. The number of hydrogen-bond donors (Lipinski definition) is 2. The zero-order valence-corrected chi connectivity index (χ0v) is 21.3. The summed E-state index contributed by atoms with van der Waals surface area (Å²) in [7, 11) is 0. The lowest BCUT2D eigenvalue weighted by atomic mass is 9.87. The van der Waals surface area contributed by atoms with E-state index in [0.29, 0.717) is 17.7 Å². The van der Waals surface area contributed by atoms with Gasteiger partial charge in [-0.1, -0.05) is 103 Å². The Bertz CT molecular complexity index is 1430. The van der Waals surface area contributed by atoms with E-state index < -0.39 is 0 Å². The van der Waals surface area contributed by atoms with Crippen LogP contribution in [-0.4, -0.2) is 39.8 Å². The smallest absolute Gasteiger partial charge is 0.207 e. The van der Waals surface area contributed by atoms with Gasteiger partial charge in [0, 0.05) is 12.5 Å². The summed E-state index contributed by atoms with van der Waals surface area (Å²) in [6, 6.07) is 34.6. The van der Waals surface area contributed by atoms with Crippen LogP contribution in [-0.2, 0) is 11.3 Å². The highest BCUT2D eigenvalue weighted by Crippen LogP contribution is 2.39. The minimum Gasteiger partial charge on any atom is -0.372 e. The number of piperidine rings is 1. The fourth-order valence-electron chi connectivity index (χ4n) is 5.10. The predicted molar refractivity (Wildman–Crippen MR) is 148 cm³/mol. The number of tetrazole rings is 1. The molecule has 1 fully saturated rings. The molecule has 0 amide bonds. The zero-order chi connectivity index (χ0) is 24.9. The third-order valence-corrected chi connectivity index (χ3v) is 8.21. The van der Waals surface area contributed by atoms with Crippen LogP contribution in [0, 0.1) is 0 Å². The zero-order valence-electron chi connectivity index (χ0n) is 20.5. The second kappa shape index (κ2) is 11.3. The summed E-state index contributed by atoms with van der Waals surface area (Å²) in [6.45, 7) is 2.48. The van der Waals surface area contributed by atoms with Crippen LogP contribution in [0.1, 0.15) is 39.8 Å². The maximum Gasteiger partial charge on any atom is 0.207 e. The molecule has 3 unspecified atom stereocenters. The molecule has 4 aromatic carbocycles. The lowest BCUT2D eigenvalue weighted by Gasteiger charge is -2.33. The molecule has 5 aromatic rings. The van der Waals surface area contributed by atoms with Gasteiger partial charge in [0.05, 0.1) is 18.0 Å². The number of aromatic amines is 1. The number of nitrogens with zero attached hydrogens (tertiary/aromatic N) is 3. The van der Waals surface area contributed by atoms with Crippen molar-refractivity contribution in [3.63, 3.8) is 0 Å². The van der Waals surface area contributed by atoms with Gasteiger partial charge in [0.25, 0.3) is 0 Å². The van der Waals surface area contributed by atoms with Crippen LogP contribution in [0.25, 0.3) is 10.8 Å². The van der Waals surface area contributed by atoms with E-state index in [0.717, 1.165) is 19.5 Å². The Kier molecular flexibility index (Phi) is 7.26. The van der Waals surface area contributed by atoms with Crippen LogP contribution in [0.2, 0.25) is 0 Å². The van der Waals surface area contributed by atoms with E-state index >= 15 is 0 Å². The lowest BCUT2D eigenvalue weighted by Crippen LogP contribution is -2.40. The third kappa shape index (κ3) is 5.59. The first-order valence-electron chi connectivity index (χ1n) is 12.7. The molecular weight excluding hydrogens is 478 g/mol. The fourth-order valence-corrected chi connectivity index (χ4v) is 6.09. The monoisotopic (exact) mass is 507 g/mol. The number of thioether (sulfide) groups is 1. The van der Waals surface area contributed by atoms with E-state index in [2.05, 4.69) is 117 Å². The number of fused-ring (bicyclic) bond motifs is 1. The van der Waals surface area contributed by atoms with Crippen LogP contribution < -0.4 is 5.32 Å². The molecule has 1 saturated heterocycles. The van der Waals surface area contributed by atoms with Crippen molar-refractivity contribution >= 4 is 22.5 Å². The van der Waals surface area contributed by atoms with Crippen molar-refractivity contribution in [2.45, 2.75) is 35.5 Å². The molecule has 1 aliphatic heterocycles. The molecule has 0 saturated carbocycles. The first kappa shape index (κ1) is 23.9. The summed E-state index contributed by atoms with van der Waals surface area (Å²) in [4.78, 5) is 0. The molecule has 1 aliphatic rings. The average molecular weight is 508 g/mol. The molecule has 6 nitrogen and oxygen atoms in total. The van der Waals surface area contributed by atoms with Gasteiger partial charge in [-0.05, 0) is 62.5 Å². The van der Waals surface area contributed by atoms with Gasteiger partial charge in [-0.3, -0.25) is 0 Å². The Morgan fingerprint density at radius 3 is 2.46 bits per heavy atom. The van der Waals surface area contributed by atoms with Crippen molar-refractivity contribution in [2.75, 3.05) is 13.1 Å². The Balaban J connectivity index is 1.19. The molecule has 6 rings (SSSR count). The predicted octanol–water partition coefficient (Wildman–Crippen LogP) is 5.90. The van der Waals surface area contributed by atoms with Crippen molar-refractivity contribution in [1.29, 1.82) is 0 Å². The van der Waals surface area contributed by atoms with Crippen LogP contribution in [0.15, 0.2) is 102 Å². The molecule has 1 aromatic heterocycles. The highest BCUT2D eigenvalue weighted by molar-refractivity contribution is 7.99. The SMILES string of the molecule is c1ccc(C(Sc2nnn[nH]2)c2ccc(C3CCNCC3OCc3ccc4ccccc4c3)cc2)cc1. The van der Waals surface area contributed by atoms with Crippen LogP contribution >= 0.6 is 11.8 Å². The van der Waals surface area contributed by atoms with Crippen molar-refractivity contribution < 1.29 is 4.74 Å². The number of hydrogen-bond acceptors (Lipinski definition) is 6. The second-order valence-electron chi connectivity index (χ2n) is 9.41. The maximum absolute atomic E-state index is 6.51. The van der Waals surface area contributed by atoms with Gasteiger partial charge in [-0.2, -0.15) is 0 Å². The largest absolute Gasteiger partial charge is 0.372 e. The number of benzene rings is 4. The molecule has 2 N–H and O–H groups in total. The second-order valence-corrected chi connectivity index (χ2v) is 10.5. The van der Waals surface area contributed by atoms with Gasteiger partial charge >= 0.3 is 0 Å². The summed E-state index contributed by atoms with van der Waals surface area (Å²) in [5.41, 5.74) is 4.98. The van der Waals surface area contributed by atoms with Crippen LogP contribution in [0.4, 0.5) is 0 Å². The molecule has 0 spiro atoms. The Morgan fingerprint density at radius 1 is 0.865 bits per heavy atom. The molecular formula is C30H29N5OS. The Morgan fingerprint density at radius 2 is 1.65 bits per heavy atom. The molecule has 186 valence electrons. The van der Waals surface area contributed by atoms with Crippen LogP contribution in [0.5, 0.6) is 0 Å². The van der Waals surface area contributed by atoms with Crippen molar-refractivity contribution in [3.8, 4) is 0 Å². The van der Waals surface area contributed by atoms with Gasteiger partial charge in [0.1, 0.15) is 0 Å². The summed E-state index contributed by atoms with van der Waals surface area (Å²) in [6.07, 6.45) is 1.19. The lowest BCUT2D eigenvalue weighted by molar-refractivity contribution is 0.0106. The van der Waals surface area contributed by atoms with E-state index in [1.54, 1.807) is 11.8 Å². The average Bonchev–Trinajstić information content (AvgIpc) is 3.49. The molecule has 2 heterocycles. The first-order valence-corrected chi connectivity index (χ1v) is 13.6. The molecule has 0 aliphatic carbocycles. The standard InChI is InChI=1S/C30H29N5OS/c1-2-7-24(8-3-1)29(37-30-32-34-35-33-30)25-14-12-23(13-15-25)27-16-17-31-19-28(27)36-20-21-10-11-22-6-4-5-9-26(22)18-21/h1-15,18,27-29,31H,16-17,19-20H2,(H,32,33,34,35). The summed E-state index contributed by atoms with van der Waals surface area (Å²) >= 11 is 1.62. The van der Waals surface area contributed by atoms with Crippen LogP contribution in [0.3, 0.4) is 0 Å². The van der Waals surface area contributed by atoms with Gasteiger partial charge in [-0.25, -0.2) is 5.10 Å². The molecule has 3 atom stereocenters. The van der Waals surface area contributed by atoms with E-state index in [9.17, 15) is 0 Å². The van der Waals surface area contributed by atoms with E-state index in [-0.39, 0.29) is 11.4 Å². The van der Waals surface area contributed by atoms with E-state index in [4.69, 9.17) is 4.74 Å². The van der Waals surface area contributed by atoms with E-state index in [1.807, 2.05) is 6.07 Å². The molecule has 0 bridgehead atoms. The number of aromatic nitrogens is 4.